The largest absolute Gasteiger partial charge is 0.389 e. The Hall–Kier alpha value is -0.960. The van der Waals surface area contributed by atoms with Crippen LogP contribution in [0.3, 0.4) is 0 Å². The second kappa shape index (κ2) is 2.75. The summed E-state index contributed by atoms with van der Waals surface area (Å²) in [6.45, 7) is 1.50. The number of rotatable bonds is 1. The molecule has 1 aromatic rings. The minimum atomic E-state index is -0.784. The van der Waals surface area contributed by atoms with E-state index in [1.54, 1.807) is 6.07 Å². The fourth-order valence-electron chi connectivity index (χ4n) is 0.710. The molecule has 0 aliphatic heterocycles. The zero-order chi connectivity index (χ0) is 7.56. The van der Waals surface area contributed by atoms with Gasteiger partial charge in [0.2, 0.25) is 5.95 Å². The van der Waals surface area contributed by atoms with E-state index < -0.39 is 12.1 Å². The molecule has 1 N–H and O–H groups in total. The second-order valence-electron chi connectivity index (χ2n) is 2.06. The van der Waals surface area contributed by atoms with Gasteiger partial charge in [0.15, 0.2) is 0 Å². The van der Waals surface area contributed by atoms with Gasteiger partial charge in [-0.2, -0.15) is 4.39 Å². The molecular formula is C7H8FNO. The number of hydrogen-bond acceptors (Lipinski definition) is 2. The van der Waals surface area contributed by atoms with Gasteiger partial charge in [0.1, 0.15) is 0 Å². The van der Waals surface area contributed by atoms with Gasteiger partial charge in [-0.1, -0.05) is 6.07 Å². The van der Waals surface area contributed by atoms with Crippen molar-refractivity contribution in [2.45, 2.75) is 13.0 Å². The van der Waals surface area contributed by atoms with Gasteiger partial charge in [-0.15, -0.1) is 0 Å². The van der Waals surface area contributed by atoms with Crippen LogP contribution in [0, 0.1) is 5.95 Å². The van der Waals surface area contributed by atoms with E-state index in [1.807, 2.05) is 0 Å². The van der Waals surface area contributed by atoms with Crippen LogP contribution in [0.15, 0.2) is 18.3 Å². The van der Waals surface area contributed by atoms with Crippen LogP contribution in [0.4, 0.5) is 4.39 Å². The number of hydrogen-bond donors (Lipinski definition) is 1. The summed E-state index contributed by atoms with van der Waals surface area (Å²) < 4.78 is 12.6. The van der Waals surface area contributed by atoms with E-state index in [-0.39, 0.29) is 5.56 Å². The average molecular weight is 141 g/mol. The maximum Gasteiger partial charge on any atom is 0.218 e. The van der Waals surface area contributed by atoms with Gasteiger partial charge >= 0.3 is 0 Å². The highest BCUT2D eigenvalue weighted by atomic mass is 19.1. The van der Waals surface area contributed by atoms with E-state index in [4.69, 9.17) is 5.11 Å². The van der Waals surface area contributed by atoms with Gasteiger partial charge in [-0.3, -0.25) is 0 Å². The smallest absolute Gasteiger partial charge is 0.218 e. The Kier molecular flexibility index (Phi) is 1.97. The number of aliphatic hydroxyl groups is 1. The lowest BCUT2D eigenvalue weighted by molar-refractivity contribution is 0.193. The summed E-state index contributed by atoms with van der Waals surface area (Å²) in [5.41, 5.74) is 0.238. The number of nitrogens with zero attached hydrogens (tertiary/aromatic N) is 1. The molecule has 0 spiro atoms. The van der Waals surface area contributed by atoms with Crippen LogP contribution < -0.4 is 0 Å². The highest BCUT2D eigenvalue weighted by Crippen LogP contribution is 2.12. The van der Waals surface area contributed by atoms with Crippen LogP contribution in [0.1, 0.15) is 18.6 Å². The fraction of sp³-hybridized carbons (Fsp3) is 0.286. The van der Waals surface area contributed by atoms with Crippen molar-refractivity contribution >= 4 is 0 Å². The van der Waals surface area contributed by atoms with Crippen molar-refractivity contribution in [3.05, 3.63) is 29.8 Å². The topological polar surface area (TPSA) is 33.1 Å². The molecule has 1 atom stereocenters. The Labute approximate surface area is 58.3 Å². The Bertz CT molecular complexity index is 225. The van der Waals surface area contributed by atoms with E-state index in [1.165, 1.54) is 19.2 Å². The third-order valence-corrected chi connectivity index (χ3v) is 1.24. The van der Waals surface area contributed by atoms with Crippen molar-refractivity contribution < 1.29 is 9.50 Å². The standard InChI is InChI=1S/C7H8FNO/c1-5(10)6-3-2-4-9-7(6)8/h2-5,10H,1H3/t5-/m0/s1. The van der Waals surface area contributed by atoms with Gasteiger partial charge in [-0.05, 0) is 13.0 Å². The Balaban J connectivity index is 3.03. The van der Waals surface area contributed by atoms with E-state index in [9.17, 15) is 4.39 Å². The first kappa shape index (κ1) is 7.15. The molecule has 0 fully saturated rings. The van der Waals surface area contributed by atoms with Crippen molar-refractivity contribution in [1.82, 2.24) is 4.98 Å². The maximum atomic E-state index is 12.6. The molecule has 0 amide bonds. The Morgan fingerprint density at radius 1 is 1.70 bits per heavy atom. The van der Waals surface area contributed by atoms with Crippen molar-refractivity contribution in [1.29, 1.82) is 0 Å². The molecule has 0 unspecified atom stereocenters. The van der Waals surface area contributed by atoms with Crippen LogP contribution in [0.25, 0.3) is 0 Å². The van der Waals surface area contributed by atoms with Gasteiger partial charge in [0.05, 0.1) is 6.10 Å². The molecule has 3 heteroatoms. The van der Waals surface area contributed by atoms with Crippen LogP contribution >= 0.6 is 0 Å². The molecule has 0 saturated carbocycles. The quantitative estimate of drug-likeness (QED) is 0.597. The maximum absolute atomic E-state index is 12.6. The van der Waals surface area contributed by atoms with Crippen LogP contribution in [-0.4, -0.2) is 10.1 Å². The minimum Gasteiger partial charge on any atom is -0.389 e. The van der Waals surface area contributed by atoms with Gasteiger partial charge in [0, 0.05) is 11.8 Å². The molecule has 0 bridgehead atoms. The van der Waals surface area contributed by atoms with E-state index in [0.717, 1.165) is 0 Å². The van der Waals surface area contributed by atoms with Gasteiger partial charge in [-0.25, -0.2) is 4.98 Å². The van der Waals surface area contributed by atoms with Crippen molar-refractivity contribution in [3.63, 3.8) is 0 Å². The number of halogens is 1. The van der Waals surface area contributed by atoms with Crippen molar-refractivity contribution in [2.75, 3.05) is 0 Å². The number of aromatic nitrogens is 1. The van der Waals surface area contributed by atoms with Crippen molar-refractivity contribution in [2.24, 2.45) is 0 Å². The number of pyridine rings is 1. The van der Waals surface area contributed by atoms with Gasteiger partial charge in [0.25, 0.3) is 0 Å². The van der Waals surface area contributed by atoms with Gasteiger partial charge < -0.3 is 5.11 Å². The summed E-state index contributed by atoms with van der Waals surface area (Å²) in [4.78, 5) is 3.37. The molecule has 54 valence electrons. The van der Waals surface area contributed by atoms with E-state index >= 15 is 0 Å². The van der Waals surface area contributed by atoms with Crippen LogP contribution in [-0.2, 0) is 0 Å². The molecule has 2 nitrogen and oxygen atoms in total. The highest BCUT2D eigenvalue weighted by molar-refractivity contribution is 5.12. The highest BCUT2D eigenvalue weighted by Gasteiger charge is 2.06. The molecule has 0 aliphatic rings. The first-order valence-corrected chi connectivity index (χ1v) is 3.00. The minimum absolute atomic E-state index is 0.238. The zero-order valence-corrected chi connectivity index (χ0v) is 5.58. The monoisotopic (exact) mass is 141 g/mol. The summed E-state index contributed by atoms with van der Waals surface area (Å²) in [5.74, 6) is -0.600. The molecule has 1 heterocycles. The lowest BCUT2D eigenvalue weighted by Crippen LogP contribution is -1.96. The molecule has 1 aromatic heterocycles. The lowest BCUT2D eigenvalue weighted by atomic mass is 10.2. The lowest BCUT2D eigenvalue weighted by Gasteiger charge is -2.02. The summed E-state index contributed by atoms with van der Waals surface area (Å²) >= 11 is 0. The van der Waals surface area contributed by atoms with Crippen LogP contribution in [0.2, 0.25) is 0 Å². The molecule has 0 radical (unpaired) electrons. The third kappa shape index (κ3) is 1.30. The fourth-order valence-corrected chi connectivity index (χ4v) is 0.710. The first-order valence-electron chi connectivity index (χ1n) is 3.00. The van der Waals surface area contributed by atoms with E-state index in [0.29, 0.717) is 0 Å². The Morgan fingerprint density at radius 3 is 2.80 bits per heavy atom. The molecule has 0 saturated heterocycles. The average Bonchev–Trinajstić information content (AvgIpc) is 1.88. The summed E-state index contributed by atoms with van der Waals surface area (Å²) in [7, 11) is 0. The Morgan fingerprint density at radius 2 is 2.40 bits per heavy atom. The predicted octanol–water partition coefficient (Wildman–Crippen LogP) is 1.27. The first-order chi connectivity index (χ1) is 4.72. The van der Waals surface area contributed by atoms with Crippen LogP contribution in [0.5, 0.6) is 0 Å². The summed E-state index contributed by atoms with van der Waals surface area (Å²) in [5, 5.41) is 8.92. The SMILES string of the molecule is C[C@H](O)c1cccnc1F. The molecule has 0 aromatic carbocycles. The normalized spacial score (nSPS) is 13.1. The molecular weight excluding hydrogens is 133 g/mol. The molecule has 10 heavy (non-hydrogen) atoms. The summed E-state index contributed by atoms with van der Waals surface area (Å²) in [6.07, 6.45) is 0.565. The third-order valence-electron chi connectivity index (χ3n) is 1.24. The predicted molar refractivity (Wildman–Crippen MR) is 34.8 cm³/mol. The van der Waals surface area contributed by atoms with E-state index in [2.05, 4.69) is 4.98 Å². The zero-order valence-electron chi connectivity index (χ0n) is 5.58. The van der Waals surface area contributed by atoms with Crippen molar-refractivity contribution in [3.8, 4) is 0 Å². The number of aliphatic hydroxyl groups excluding tert-OH is 1. The second-order valence-corrected chi connectivity index (χ2v) is 2.06. The summed E-state index contributed by atoms with van der Waals surface area (Å²) in [6, 6.07) is 3.10. The molecule has 1 rings (SSSR count). The molecule has 0 aliphatic carbocycles.